The minimum absolute atomic E-state index is 0.780. The van der Waals surface area contributed by atoms with E-state index in [-0.39, 0.29) is 0 Å². The first-order chi connectivity index (χ1) is 34.8. The van der Waals surface area contributed by atoms with E-state index in [1.165, 1.54) is 0 Å². The van der Waals surface area contributed by atoms with Crippen molar-refractivity contribution in [3.8, 4) is 45.1 Å². The molecule has 70 heavy (non-hydrogen) atoms. The predicted molar refractivity (Wildman–Crippen MR) is 281 cm³/mol. The molecule has 0 unspecified atom stereocenters. The highest BCUT2D eigenvalue weighted by molar-refractivity contribution is 6.18. The van der Waals surface area contributed by atoms with Crippen molar-refractivity contribution in [2.75, 3.05) is 0 Å². The molecule has 0 fully saturated rings. The maximum atomic E-state index is 5.34. The van der Waals surface area contributed by atoms with E-state index in [0.717, 1.165) is 132 Å². The fourth-order valence-electron chi connectivity index (χ4n) is 11.3. The molecule has 0 aliphatic carbocycles. The second-order valence-electron chi connectivity index (χ2n) is 17.6. The Balaban J connectivity index is 1.36. The average Bonchev–Trinajstić information content (AvgIpc) is 4.16. The summed E-state index contributed by atoms with van der Waals surface area (Å²) in [6, 6.07) is 53.6. The van der Waals surface area contributed by atoms with E-state index in [1.54, 1.807) is 0 Å². The number of rotatable bonds is 6. The zero-order chi connectivity index (χ0) is 45.9. The molecule has 0 aliphatic rings. The van der Waals surface area contributed by atoms with Gasteiger partial charge in [0.25, 0.3) is 0 Å². The Kier molecular flexibility index (Phi) is 8.13. The first-order valence-electron chi connectivity index (χ1n) is 23.2. The molecule has 10 heteroatoms. The fraction of sp³-hybridized carbons (Fsp3) is 0. The summed E-state index contributed by atoms with van der Waals surface area (Å²) in [6.07, 6.45) is 21.3. The van der Waals surface area contributed by atoms with Crippen LogP contribution < -0.4 is 0 Å². The van der Waals surface area contributed by atoms with Gasteiger partial charge in [-0.2, -0.15) is 0 Å². The smallest absolute Gasteiger partial charge is 0.0976 e. The van der Waals surface area contributed by atoms with Gasteiger partial charge in [0.1, 0.15) is 0 Å². The molecule has 10 nitrogen and oxygen atoms in total. The molecule has 0 aliphatic heterocycles. The number of pyridine rings is 6. The van der Waals surface area contributed by atoms with Crippen molar-refractivity contribution in [3.63, 3.8) is 0 Å². The Morgan fingerprint density at radius 2 is 0.600 bits per heavy atom. The van der Waals surface area contributed by atoms with Crippen molar-refractivity contribution in [2.45, 2.75) is 0 Å². The van der Waals surface area contributed by atoms with Crippen LogP contribution in [0.4, 0.5) is 0 Å². The fourth-order valence-corrected chi connectivity index (χ4v) is 11.3. The van der Waals surface area contributed by atoms with E-state index in [2.05, 4.69) is 158 Å². The maximum absolute atomic E-state index is 5.34. The van der Waals surface area contributed by atoms with Gasteiger partial charge in [0.2, 0.25) is 0 Å². The SMILES string of the molecule is c1ccc(-c2c(-c3cccnc3)c(-n3c4ccccc4c4ccncc43)c(-n3c4ccccc4c4ccncc43)c(-n3c4ccccc4c4ccncc43)c2-n2c3ccccc3c3ccncc32)nc1. The molecule has 10 heterocycles. The van der Waals surface area contributed by atoms with Gasteiger partial charge in [0.15, 0.2) is 0 Å². The van der Waals surface area contributed by atoms with Gasteiger partial charge in [-0.1, -0.05) is 84.9 Å². The predicted octanol–water partition coefficient (Wildman–Crippen LogP) is 13.8. The largest absolute Gasteiger partial charge is 0.305 e. The van der Waals surface area contributed by atoms with Gasteiger partial charge in [0, 0.05) is 103 Å². The van der Waals surface area contributed by atoms with Crippen molar-refractivity contribution in [1.29, 1.82) is 0 Å². The normalized spacial score (nSPS) is 12.0. The molecule has 10 aromatic heterocycles. The highest BCUT2D eigenvalue weighted by Crippen LogP contribution is 2.54. The van der Waals surface area contributed by atoms with E-state index in [4.69, 9.17) is 29.9 Å². The summed E-state index contributed by atoms with van der Waals surface area (Å²) in [7, 11) is 0. The molecule has 0 atom stereocenters. The van der Waals surface area contributed by atoms with Crippen molar-refractivity contribution in [1.82, 2.24) is 48.2 Å². The number of benzene rings is 5. The monoisotopic (exact) mass is 896 g/mol. The van der Waals surface area contributed by atoms with Gasteiger partial charge >= 0.3 is 0 Å². The molecule has 0 amide bonds. The number of aromatic nitrogens is 10. The van der Waals surface area contributed by atoms with Crippen LogP contribution in [-0.4, -0.2) is 48.2 Å². The summed E-state index contributed by atoms with van der Waals surface area (Å²) in [6.45, 7) is 0. The summed E-state index contributed by atoms with van der Waals surface area (Å²) < 4.78 is 9.71. The first-order valence-corrected chi connectivity index (χ1v) is 23.2. The zero-order valence-electron chi connectivity index (χ0n) is 37.3. The number of hydrogen-bond acceptors (Lipinski definition) is 6. The summed E-state index contributed by atoms with van der Waals surface area (Å²) in [4.78, 5) is 29.7. The summed E-state index contributed by atoms with van der Waals surface area (Å²) in [5.41, 5.74) is 15.0. The Labute approximate surface area is 398 Å². The maximum Gasteiger partial charge on any atom is 0.0976 e. The molecule has 0 saturated heterocycles. The van der Waals surface area contributed by atoms with E-state index < -0.39 is 0 Å². The molecule has 0 bridgehead atoms. The molecule has 0 N–H and O–H groups in total. The zero-order valence-corrected chi connectivity index (χ0v) is 37.3. The van der Waals surface area contributed by atoms with Crippen LogP contribution in [0.15, 0.2) is 220 Å². The van der Waals surface area contributed by atoms with Gasteiger partial charge in [-0.3, -0.25) is 29.9 Å². The van der Waals surface area contributed by atoms with E-state index >= 15 is 0 Å². The van der Waals surface area contributed by atoms with Crippen LogP contribution in [0.1, 0.15) is 0 Å². The lowest BCUT2D eigenvalue weighted by Crippen LogP contribution is -2.16. The molecule has 15 aromatic rings. The summed E-state index contributed by atoms with van der Waals surface area (Å²) >= 11 is 0. The summed E-state index contributed by atoms with van der Waals surface area (Å²) in [5.74, 6) is 0. The van der Waals surface area contributed by atoms with Crippen molar-refractivity contribution in [3.05, 3.63) is 220 Å². The molecule has 0 radical (unpaired) electrons. The first kappa shape index (κ1) is 38.3. The number of para-hydroxylation sites is 4. The standard InChI is InChI=1S/C60H36N10/c1-5-18-47-38(13-1)42-22-28-62-33-51(42)67(47)57-55(37-12-11-26-61-32-37)56(46-17-9-10-27-66-46)58(68-48-19-6-2-14-39(48)43-23-29-63-34-52(43)68)60(70-50-21-8-4-16-41(50)45-25-31-65-36-54(45)70)59(57)69-49-20-7-3-15-40(49)44-24-30-64-35-53(44)69/h1-36H. The lowest BCUT2D eigenvalue weighted by Gasteiger charge is -2.30. The lowest BCUT2D eigenvalue weighted by molar-refractivity contribution is 1.02. The van der Waals surface area contributed by atoms with Crippen LogP contribution >= 0.6 is 0 Å². The number of nitrogens with zero attached hydrogens (tertiary/aromatic N) is 10. The quantitative estimate of drug-likeness (QED) is 0.165. The molecular formula is C60H36N10. The minimum Gasteiger partial charge on any atom is -0.305 e. The third-order valence-electron chi connectivity index (χ3n) is 14.1. The van der Waals surface area contributed by atoms with Crippen molar-refractivity contribution < 1.29 is 0 Å². The highest BCUT2D eigenvalue weighted by atomic mass is 15.2. The summed E-state index contributed by atoms with van der Waals surface area (Å²) in [5, 5.41) is 8.72. The van der Waals surface area contributed by atoms with E-state index in [0.29, 0.717) is 0 Å². The van der Waals surface area contributed by atoms with Gasteiger partial charge in [-0.15, -0.1) is 0 Å². The lowest BCUT2D eigenvalue weighted by atomic mass is 9.90. The Morgan fingerprint density at radius 1 is 0.243 bits per heavy atom. The van der Waals surface area contributed by atoms with Gasteiger partial charge in [-0.25, -0.2) is 0 Å². The third kappa shape index (κ3) is 5.26. The molecule has 15 rings (SSSR count). The molecular weight excluding hydrogens is 861 g/mol. The van der Waals surface area contributed by atoms with Crippen molar-refractivity contribution >= 4 is 87.2 Å². The van der Waals surface area contributed by atoms with Gasteiger partial charge in [-0.05, 0) is 66.7 Å². The van der Waals surface area contributed by atoms with E-state index in [9.17, 15) is 0 Å². The molecule has 5 aromatic carbocycles. The van der Waals surface area contributed by atoms with Crippen LogP contribution in [0.2, 0.25) is 0 Å². The number of hydrogen-bond donors (Lipinski definition) is 0. The van der Waals surface area contributed by atoms with Crippen LogP contribution in [0.3, 0.4) is 0 Å². The minimum atomic E-state index is 0.780. The number of fused-ring (bicyclic) bond motifs is 12. The van der Waals surface area contributed by atoms with Crippen LogP contribution in [-0.2, 0) is 0 Å². The van der Waals surface area contributed by atoms with Gasteiger partial charge < -0.3 is 18.3 Å². The van der Waals surface area contributed by atoms with Crippen LogP contribution in [0.5, 0.6) is 0 Å². The third-order valence-corrected chi connectivity index (χ3v) is 14.1. The second kappa shape index (κ2) is 14.9. The Morgan fingerprint density at radius 3 is 0.986 bits per heavy atom. The Hall–Kier alpha value is -9.80. The molecule has 0 saturated carbocycles. The molecule has 0 spiro atoms. The molecule has 326 valence electrons. The average molecular weight is 897 g/mol. The van der Waals surface area contributed by atoms with Crippen molar-refractivity contribution in [2.24, 2.45) is 0 Å². The van der Waals surface area contributed by atoms with Crippen LogP contribution in [0, 0.1) is 0 Å². The highest BCUT2D eigenvalue weighted by Gasteiger charge is 2.36. The Bertz CT molecular complexity index is 4090. The van der Waals surface area contributed by atoms with Gasteiger partial charge in [0.05, 0.1) is 97.4 Å². The topological polar surface area (TPSA) is 97.1 Å². The second-order valence-corrected chi connectivity index (χ2v) is 17.6. The van der Waals surface area contributed by atoms with E-state index in [1.807, 2.05) is 80.3 Å². The van der Waals surface area contributed by atoms with Crippen LogP contribution in [0.25, 0.3) is 132 Å².